The van der Waals surface area contributed by atoms with Crippen LogP contribution in [0.2, 0.25) is 0 Å². The van der Waals surface area contributed by atoms with Gasteiger partial charge in [0.2, 0.25) is 0 Å². The number of cyclic esters (lactones) is 1. The van der Waals surface area contributed by atoms with Crippen LogP contribution in [0.4, 0.5) is 4.79 Å². The Morgan fingerprint density at radius 2 is 1.81 bits per heavy atom. The highest BCUT2D eigenvalue weighted by molar-refractivity contribution is 5.85. The molecule has 0 saturated carbocycles. The van der Waals surface area contributed by atoms with Gasteiger partial charge in [0.25, 0.3) is 0 Å². The average Bonchev–Trinajstić information content (AvgIpc) is 3.84. The number of esters is 2. The van der Waals surface area contributed by atoms with Crippen molar-refractivity contribution in [2.24, 2.45) is 23.7 Å². The number of carbonyl (C=O) groups is 4. The molecular weight excluding hydrogens is 875 g/mol. The third-order valence-electron chi connectivity index (χ3n) is 14.5. The summed E-state index contributed by atoms with van der Waals surface area (Å²) < 4.78 is 41.0. The van der Waals surface area contributed by atoms with Crippen molar-refractivity contribution in [1.29, 1.82) is 0 Å². The molecule has 3 aromatic heterocycles. The minimum absolute atomic E-state index is 0.0775. The minimum Gasteiger partial charge on any atom is -0.461 e. The first-order valence-corrected chi connectivity index (χ1v) is 24.0. The van der Waals surface area contributed by atoms with Crippen molar-refractivity contribution < 1.29 is 52.7 Å². The van der Waals surface area contributed by atoms with Crippen LogP contribution in [0.3, 0.4) is 0 Å². The Bertz CT molecular complexity index is 2230. The predicted molar refractivity (Wildman–Crippen MR) is 251 cm³/mol. The first-order valence-electron chi connectivity index (χ1n) is 24.0. The van der Waals surface area contributed by atoms with Gasteiger partial charge in [0, 0.05) is 69.1 Å². The van der Waals surface area contributed by atoms with Crippen molar-refractivity contribution >= 4 is 35.0 Å². The number of aliphatic hydroxyl groups excluding tert-OH is 1. The molecule has 6 heterocycles. The molecule has 0 spiro atoms. The third kappa shape index (κ3) is 10.9. The number of pyridine rings is 2. The van der Waals surface area contributed by atoms with E-state index < -0.39 is 95.2 Å². The number of hydrogen-bond donors (Lipinski definition) is 2. The lowest BCUT2D eigenvalue weighted by atomic mass is 9.73. The zero-order valence-corrected chi connectivity index (χ0v) is 41.6. The number of imidazole rings is 1. The van der Waals surface area contributed by atoms with Crippen LogP contribution in [-0.4, -0.2) is 145 Å². The number of rotatable bonds is 15. The average molecular weight is 948 g/mol. The Balaban J connectivity index is 1.39. The monoisotopic (exact) mass is 948 g/mol. The summed E-state index contributed by atoms with van der Waals surface area (Å²) in [5, 5.41) is 13.5. The van der Waals surface area contributed by atoms with Crippen molar-refractivity contribution in [3.63, 3.8) is 0 Å². The van der Waals surface area contributed by atoms with Crippen LogP contribution < -0.4 is 5.43 Å². The van der Waals surface area contributed by atoms with Crippen LogP contribution in [-0.2, 0) is 55.8 Å². The number of aromatic nitrogens is 4. The van der Waals surface area contributed by atoms with Gasteiger partial charge in [-0.15, -0.1) is 6.58 Å². The van der Waals surface area contributed by atoms with Gasteiger partial charge >= 0.3 is 18.0 Å². The van der Waals surface area contributed by atoms with Gasteiger partial charge in [0.05, 0.1) is 36.5 Å². The molecule has 0 aliphatic carbocycles. The Kier molecular flexibility index (Phi) is 16.9. The smallest absolute Gasteiger partial charge is 0.425 e. The molecule has 3 saturated heterocycles. The van der Waals surface area contributed by atoms with E-state index in [9.17, 15) is 19.5 Å². The van der Waals surface area contributed by atoms with E-state index in [1.807, 2.05) is 49.4 Å². The van der Waals surface area contributed by atoms with E-state index in [-0.39, 0.29) is 31.1 Å². The minimum atomic E-state index is -1.65. The normalized spacial score (nSPS) is 35.1. The largest absolute Gasteiger partial charge is 0.461 e. The Hall–Kier alpha value is -4.85. The number of methoxy groups -OCH3 is 1. The Morgan fingerprint density at radius 1 is 1.07 bits per heavy atom. The second-order valence-corrected chi connectivity index (χ2v) is 19.7. The van der Waals surface area contributed by atoms with Gasteiger partial charge in [-0.1, -0.05) is 39.8 Å². The fourth-order valence-electron chi connectivity index (χ4n) is 10.9. The summed E-state index contributed by atoms with van der Waals surface area (Å²) in [4.78, 5) is 73.0. The number of hydrazine groups is 1. The van der Waals surface area contributed by atoms with Crippen molar-refractivity contribution in [3.05, 3.63) is 67.4 Å². The van der Waals surface area contributed by atoms with Crippen LogP contribution in [0.5, 0.6) is 0 Å². The van der Waals surface area contributed by atoms with Crippen LogP contribution in [0, 0.1) is 23.7 Å². The molecule has 2 N–H and O–H groups in total. The second-order valence-electron chi connectivity index (χ2n) is 19.7. The molecule has 1 unspecified atom stereocenters. The second kappa shape index (κ2) is 21.8. The van der Waals surface area contributed by atoms with Crippen molar-refractivity contribution in [2.45, 2.75) is 161 Å². The van der Waals surface area contributed by atoms with Gasteiger partial charge < -0.3 is 38.1 Å². The molecule has 3 fully saturated rings. The molecule has 6 rings (SSSR count). The van der Waals surface area contributed by atoms with E-state index in [4.69, 9.17) is 28.4 Å². The molecule has 3 aliphatic heterocycles. The number of carbonyl (C=O) groups excluding carboxylic acids is 4. The van der Waals surface area contributed by atoms with Gasteiger partial charge in [0.15, 0.2) is 17.0 Å². The number of nitrogens with one attached hydrogen (secondary N) is 1. The summed E-state index contributed by atoms with van der Waals surface area (Å²) in [6.07, 6.45) is 3.96. The molecule has 1 amide bonds. The zero-order chi connectivity index (χ0) is 49.7. The number of Topliss-reactive ketones (excluding diaryl/α,β-unsaturated/α-hetero) is 1. The van der Waals surface area contributed by atoms with E-state index in [2.05, 4.69) is 27.0 Å². The molecule has 68 heavy (non-hydrogen) atoms. The summed E-state index contributed by atoms with van der Waals surface area (Å²) >= 11 is 0. The molecule has 0 bridgehead atoms. The van der Waals surface area contributed by atoms with E-state index >= 15 is 4.79 Å². The van der Waals surface area contributed by atoms with E-state index in [1.54, 1.807) is 84.7 Å². The van der Waals surface area contributed by atoms with Crippen LogP contribution in [0.1, 0.15) is 93.6 Å². The number of ether oxygens (including phenoxy) is 6. The highest BCUT2D eigenvalue weighted by Gasteiger charge is 2.61. The third-order valence-corrected chi connectivity index (χ3v) is 14.5. The Labute approximate surface area is 400 Å². The molecule has 14 atom stereocenters. The van der Waals surface area contributed by atoms with Crippen molar-refractivity contribution in [3.8, 4) is 0 Å². The van der Waals surface area contributed by atoms with E-state index in [1.165, 1.54) is 12.1 Å². The lowest BCUT2D eigenvalue weighted by Crippen LogP contribution is -2.65. The van der Waals surface area contributed by atoms with Crippen molar-refractivity contribution in [1.82, 2.24) is 34.9 Å². The van der Waals surface area contributed by atoms with Gasteiger partial charge in [-0.2, -0.15) is 0 Å². The van der Waals surface area contributed by atoms with Crippen LogP contribution >= 0.6 is 0 Å². The zero-order valence-electron chi connectivity index (χ0n) is 41.6. The number of nitrogens with zero attached hydrogens (tertiary/aromatic N) is 6. The number of hydrogen-bond acceptors (Lipinski definition) is 16. The predicted octanol–water partition coefficient (Wildman–Crippen LogP) is 5.46. The molecule has 374 valence electrons. The van der Waals surface area contributed by atoms with Gasteiger partial charge in [0.1, 0.15) is 35.7 Å². The first-order chi connectivity index (χ1) is 32.2. The number of aryl methyl sites for hydroxylation is 1. The van der Waals surface area contributed by atoms with Gasteiger partial charge in [-0.3, -0.25) is 24.3 Å². The summed E-state index contributed by atoms with van der Waals surface area (Å²) in [6.45, 7) is 21.1. The van der Waals surface area contributed by atoms with Crippen LogP contribution in [0.15, 0.2) is 61.8 Å². The lowest BCUT2D eigenvalue weighted by molar-refractivity contribution is -0.358. The quantitative estimate of drug-likeness (QED) is 0.0840. The maximum absolute atomic E-state index is 15.1. The first kappa shape index (κ1) is 52.5. The highest BCUT2D eigenvalue weighted by Crippen LogP contribution is 2.45. The Morgan fingerprint density at radius 3 is 2.49 bits per heavy atom. The standard InChI is InChI=1S/C50H73N7O11/c1-13-23-55(11)37-25-31(4)66-50(10,43(37)60)67-44-33(6)41(65-39(58)26-35-18-15-20-51-28-35)34(7)46(61)64-38(14-2)49(9)42(32(5)40(59)30(3)27-48(44,8)63-12)57(47(62)68-49)54-22-17-24-56-29-53-36-19-16-21-52-45(36)56/h13,15-16,18-21,28-34,37-38,41-44,54,60H,1,14,17,22-27H2,2-12H3/t30-,31-,32+,33+,34-,37+,38-,41?,42-,43-,44-,48-,49-,50+/m1/s1. The number of likely N-dealkylation sites (N-methyl/N-ethyl adjacent to an activating group) is 1. The summed E-state index contributed by atoms with van der Waals surface area (Å²) in [7, 11) is 3.41. The van der Waals surface area contributed by atoms with Crippen molar-refractivity contribution in [2.75, 3.05) is 27.2 Å². The number of ketones is 1. The maximum atomic E-state index is 15.1. The molecule has 3 aliphatic rings. The SMILES string of the molecule is C=CCN(C)[C@H]1C[C@@H](C)O[C@@](C)(O[C@@H]2[C@@H](C)C(OC(=O)Cc3cccnc3)[C@@H](C)C(=O)O[C@H](CC)[C@@]3(C)OC(=O)N(NCCCn4cnc5cccnc54)[C@@H]3[C@@H](C)C(=O)[C@H](C)C[C@@]2(C)OC)[C@@H]1O. The summed E-state index contributed by atoms with van der Waals surface area (Å²) in [5.74, 6) is -6.78. The van der Waals surface area contributed by atoms with Gasteiger partial charge in [-0.05, 0) is 91.1 Å². The lowest BCUT2D eigenvalue weighted by Gasteiger charge is -2.52. The highest BCUT2D eigenvalue weighted by atomic mass is 16.7. The number of fused-ring (bicyclic) bond motifs is 2. The number of amides is 1. The molecular formula is C50H73N7O11. The molecule has 0 aromatic carbocycles. The van der Waals surface area contributed by atoms with Crippen LogP contribution in [0.25, 0.3) is 11.2 Å². The molecule has 18 heteroatoms. The fourth-order valence-corrected chi connectivity index (χ4v) is 10.9. The van der Waals surface area contributed by atoms with Gasteiger partial charge in [-0.25, -0.2) is 25.2 Å². The number of aliphatic hydroxyl groups is 1. The summed E-state index contributed by atoms with van der Waals surface area (Å²) in [5.41, 5.74) is 2.50. The molecule has 3 aromatic rings. The molecule has 18 nitrogen and oxygen atoms in total. The molecule has 0 radical (unpaired) electrons. The summed E-state index contributed by atoms with van der Waals surface area (Å²) in [6, 6.07) is 5.84. The van der Waals surface area contributed by atoms with E-state index in [0.717, 1.165) is 11.2 Å². The maximum Gasteiger partial charge on any atom is 0.425 e. The van der Waals surface area contributed by atoms with E-state index in [0.29, 0.717) is 38.0 Å². The topological polar surface area (TPSA) is 206 Å². The fraction of sp³-hybridized carbons (Fsp3) is 0.660.